The van der Waals surface area contributed by atoms with Gasteiger partial charge in [-0.1, -0.05) is 48.0 Å². The van der Waals surface area contributed by atoms with Gasteiger partial charge in [-0.3, -0.25) is 4.79 Å². The maximum absolute atomic E-state index is 12.1. The van der Waals surface area contributed by atoms with Gasteiger partial charge >= 0.3 is 0 Å². The van der Waals surface area contributed by atoms with Crippen LogP contribution >= 0.6 is 11.6 Å². The van der Waals surface area contributed by atoms with Crippen LogP contribution in [0.2, 0.25) is 5.02 Å². The molecule has 114 valence electrons. The highest BCUT2D eigenvalue weighted by molar-refractivity contribution is 6.31. The number of carboxylic acids is 1. The number of carbonyl (C=O) groups is 2. The van der Waals surface area contributed by atoms with E-state index in [1.165, 1.54) is 0 Å². The summed E-state index contributed by atoms with van der Waals surface area (Å²) in [5.41, 5.74) is 1.77. The molecule has 2 aromatic rings. The maximum Gasteiger partial charge on any atom is 0.165 e. The van der Waals surface area contributed by atoms with Crippen molar-refractivity contribution >= 4 is 29.0 Å². The van der Waals surface area contributed by atoms with Crippen molar-refractivity contribution in [1.29, 1.82) is 0 Å². The topological polar surface area (TPSA) is 69.2 Å². The van der Waals surface area contributed by atoms with Gasteiger partial charge in [0.25, 0.3) is 0 Å². The summed E-state index contributed by atoms with van der Waals surface area (Å²) in [7, 11) is 0. The minimum absolute atomic E-state index is 0.196. The highest BCUT2D eigenvalue weighted by Gasteiger charge is 2.17. The van der Waals surface area contributed by atoms with Crippen LogP contribution in [-0.2, 0) is 4.79 Å². The first kappa shape index (κ1) is 16.0. The van der Waals surface area contributed by atoms with Crippen LogP contribution in [0.25, 0.3) is 0 Å². The predicted octanol–water partition coefficient (Wildman–Crippen LogP) is 2.45. The third-order valence-electron chi connectivity index (χ3n) is 3.37. The van der Waals surface area contributed by atoms with Crippen molar-refractivity contribution in [3.8, 4) is 0 Å². The fourth-order valence-electron chi connectivity index (χ4n) is 2.07. The smallest absolute Gasteiger partial charge is 0.165 e. The predicted molar refractivity (Wildman–Crippen MR) is 84.0 cm³/mol. The molecule has 0 bridgehead atoms. The summed E-state index contributed by atoms with van der Waals surface area (Å²) in [5, 5.41) is 14.7. The van der Waals surface area contributed by atoms with Gasteiger partial charge < -0.3 is 15.2 Å². The Morgan fingerprint density at radius 1 is 1.14 bits per heavy atom. The summed E-state index contributed by atoms with van der Waals surface area (Å²) in [6, 6.07) is 12.6. The summed E-state index contributed by atoms with van der Waals surface area (Å²) in [5.74, 6) is -1.59. The van der Waals surface area contributed by atoms with Crippen LogP contribution in [-0.4, -0.2) is 17.8 Å². The Morgan fingerprint density at radius 2 is 1.82 bits per heavy atom. The van der Waals surface area contributed by atoms with Crippen LogP contribution in [0.1, 0.15) is 22.3 Å². The highest BCUT2D eigenvalue weighted by atomic mass is 35.5. The van der Waals surface area contributed by atoms with E-state index < -0.39 is 12.0 Å². The summed E-state index contributed by atoms with van der Waals surface area (Å²) >= 11 is 6.01. The molecule has 0 heterocycles. The first-order valence-corrected chi connectivity index (χ1v) is 7.17. The monoisotopic (exact) mass is 316 g/mol. The molecule has 0 aliphatic carbocycles. The summed E-state index contributed by atoms with van der Waals surface area (Å²) in [6.45, 7) is 1.77. The zero-order chi connectivity index (χ0) is 16.1. The Bertz CT molecular complexity index is 686. The van der Waals surface area contributed by atoms with E-state index in [0.29, 0.717) is 16.3 Å². The minimum atomic E-state index is -1.33. The molecule has 0 aromatic heterocycles. The molecule has 0 aliphatic heterocycles. The maximum atomic E-state index is 12.1. The van der Waals surface area contributed by atoms with Gasteiger partial charge in [0.2, 0.25) is 0 Å². The quantitative estimate of drug-likeness (QED) is 0.831. The van der Waals surface area contributed by atoms with Gasteiger partial charge in [0.15, 0.2) is 5.78 Å². The molecule has 1 atom stereocenters. The number of carboxylic acid groups (broad SMARTS) is 1. The lowest BCUT2D eigenvalue weighted by Gasteiger charge is -2.22. The molecular formula is C17H15ClNO3-. The summed E-state index contributed by atoms with van der Waals surface area (Å²) in [6.07, 6.45) is -0.196. The molecule has 0 aliphatic rings. The number of carbonyl (C=O) groups excluding carboxylic acids is 2. The van der Waals surface area contributed by atoms with Crippen LogP contribution in [0.4, 0.5) is 5.69 Å². The number of rotatable bonds is 6. The number of ketones is 1. The Kier molecular flexibility index (Phi) is 5.17. The van der Waals surface area contributed by atoms with Crippen molar-refractivity contribution in [2.45, 2.75) is 19.4 Å². The normalized spacial score (nSPS) is 11.7. The average molecular weight is 317 g/mol. The standard InChI is InChI=1S/C17H16ClNO3/c1-11-13(18)8-5-9-14(11)19-15(17(21)22)10-16(20)12-6-3-2-4-7-12/h2-9,15,19H,10H2,1H3,(H,21,22)/p-1. The Morgan fingerprint density at radius 3 is 2.45 bits per heavy atom. The SMILES string of the molecule is Cc1c(Cl)cccc1NC(CC(=O)c1ccccc1)C(=O)[O-]. The van der Waals surface area contributed by atoms with Crippen LogP contribution in [0.15, 0.2) is 48.5 Å². The van der Waals surface area contributed by atoms with Crippen LogP contribution in [0.5, 0.6) is 0 Å². The van der Waals surface area contributed by atoms with Crippen LogP contribution in [0, 0.1) is 6.92 Å². The van der Waals surface area contributed by atoms with E-state index in [1.54, 1.807) is 55.5 Å². The zero-order valence-corrected chi connectivity index (χ0v) is 12.8. The third kappa shape index (κ3) is 3.86. The van der Waals surface area contributed by atoms with E-state index >= 15 is 0 Å². The molecule has 5 heteroatoms. The van der Waals surface area contributed by atoms with Gasteiger partial charge in [-0.25, -0.2) is 0 Å². The van der Waals surface area contributed by atoms with Crippen molar-refractivity contribution in [2.75, 3.05) is 5.32 Å². The lowest BCUT2D eigenvalue weighted by Crippen LogP contribution is -2.42. The van der Waals surface area contributed by atoms with Gasteiger partial charge in [0, 0.05) is 22.7 Å². The number of hydrogen-bond donors (Lipinski definition) is 1. The van der Waals surface area contributed by atoms with Crippen molar-refractivity contribution in [1.82, 2.24) is 0 Å². The lowest BCUT2D eigenvalue weighted by atomic mass is 10.0. The van der Waals surface area contributed by atoms with E-state index in [1.807, 2.05) is 0 Å². The molecule has 2 aromatic carbocycles. The molecule has 0 fully saturated rings. The van der Waals surface area contributed by atoms with Crippen molar-refractivity contribution < 1.29 is 14.7 Å². The van der Waals surface area contributed by atoms with E-state index in [0.717, 1.165) is 5.56 Å². The second-order valence-corrected chi connectivity index (χ2v) is 5.33. The first-order valence-electron chi connectivity index (χ1n) is 6.80. The molecule has 0 radical (unpaired) electrons. The molecule has 1 N–H and O–H groups in total. The first-order chi connectivity index (χ1) is 10.5. The van der Waals surface area contributed by atoms with Crippen molar-refractivity contribution in [2.24, 2.45) is 0 Å². The van der Waals surface area contributed by atoms with E-state index in [9.17, 15) is 14.7 Å². The molecule has 0 saturated heterocycles. The second-order valence-electron chi connectivity index (χ2n) is 4.92. The molecule has 1 unspecified atom stereocenters. The molecular weight excluding hydrogens is 302 g/mol. The van der Waals surface area contributed by atoms with Crippen LogP contribution < -0.4 is 10.4 Å². The number of benzene rings is 2. The Labute approximate surface area is 133 Å². The van der Waals surface area contributed by atoms with E-state index in [2.05, 4.69) is 5.32 Å². The number of aliphatic carboxylic acids is 1. The number of Topliss-reactive ketones (excluding diaryl/α,β-unsaturated/α-hetero) is 1. The number of hydrogen-bond acceptors (Lipinski definition) is 4. The third-order valence-corrected chi connectivity index (χ3v) is 3.78. The van der Waals surface area contributed by atoms with Gasteiger partial charge in [-0.05, 0) is 24.6 Å². The number of anilines is 1. The molecule has 0 amide bonds. The van der Waals surface area contributed by atoms with Gasteiger partial charge in [-0.15, -0.1) is 0 Å². The molecule has 22 heavy (non-hydrogen) atoms. The van der Waals surface area contributed by atoms with E-state index in [4.69, 9.17) is 11.6 Å². The highest BCUT2D eigenvalue weighted by Crippen LogP contribution is 2.24. The van der Waals surface area contributed by atoms with Crippen molar-refractivity contribution in [3.05, 3.63) is 64.7 Å². The zero-order valence-electron chi connectivity index (χ0n) is 12.0. The second kappa shape index (κ2) is 7.09. The van der Waals surface area contributed by atoms with Gasteiger partial charge in [0.1, 0.15) is 0 Å². The molecule has 2 rings (SSSR count). The van der Waals surface area contributed by atoms with E-state index in [-0.39, 0.29) is 12.2 Å². The average Bonchev–Trinajstić information content (AvgIpc) is 2.51. The minimum Gasteiger partial charge on any atom is -0.548 e. The molecule has 0 spiro atoms. The van der Waals surface area contributed by atoms with Crippen molar-refractivity contribution in [3.63, 3.8) is 0 Å². The largest absolute Gasteiger partial charge is 0.548 e. The fourth-order valence-corrected chi connectivity index (χ4v) is 2.25. The summed E-state index contributed by atoms with van der Waals surface area (Å²) in [4.78, 5) is 23.5. The number of nitrogens with one attached hydrogen (secondary N) is 1. The Balaban J connectivity index is 2.16. The van der Waals surface area contributed by atoms with Gasteiger partial charge in [-0.2, -0.15) is 0 Å². The number of halogens is 1. The van der Waals surface area contributed by atoms with Crippen LogP contribution in [0.3, 0.4) is 0 Å². The Hall–Kier alpha value is -2.33. The van der Waals surface area contributed by atoms with Gasteiger partial charge in [0.05, 0.1) is 12.0 Å². The lowest BCUT2D eigenvalue weighted by molar-refractivity contribution is -0.306. The summed E-state index contributed by atoms with van der Waals surface area (Å²) < 4.78 is 0. The fraction of sp³-hybridized carbons (Fsp3) is 0.176. The molecule has 0 saturated carbocycles. The molecule has 4 nitrogen and oxygen atoms in total.